The van der Waals surface area contributed by atoms with E-state index in [4.69, 9.17) is 11.6 Å². The number of amides is 1. The smallest absolute Gasteiger partial charge is 0.382 e. The lowest BCUT2D eigenvalue weighted by Crippen LogP contribution is -2.37. The maximum Gasteiger partial charge on any atom is 0.416 e. The monoisotopic (exact) mass is 603 g/mol. The lowest BCUT2D eigenvalue weighted by Gasteiger charge is -2.22. The van der Waals surface area contributed by atoms with Gasteiger partial charge in [-0.3, -0.25) is 9.36 Å². The standard InChI is InChI=1S/C28H29ClF3N7O3/c29-20-12-10-19(11-13-20)25-36-38(27(42)37(25)15-23(40)28(30,31)32)16-24-34-17-39(35-24)22-9-5-4-8-21(22)26(41)33-14-18-6-2-1-3-7-18/h4-5,8-13,17-18,23,40H,1-3,6-7,14-16H2,(H,33,41)/t23-/m0/s1. The van der Waals surface area contributed by atoms with Gasteiger partial charge in [0, 0.05) is 17.1 Å². The topological polar surface area (TPSA) is 120 Å². The second kappa shape index (κ2) is 12.5. The molecular weight excluding hydrogens is 575 g/mol. The number of nitrogens with zero attached hydrogens (tertiary/aromatic N) is 6. The van der Waals surface area contributed by atoms with Crippen molar-refractivity contribution in [2.75, 3.05) is 6.54 Å². The van der Waals surface area contributed by atoms with Crippen molar-refractivity contribution in [2.45, 2.75) is 57.5 Å². The van der Waals surface area contributed by atoms with E-state index >= 15 is 0 Å². The van der Waals surface area contributed by atoms with E-state index < -0.39 is 24.5 Å². The van der Waals surface area contributed by atoms with Crippen molar-refractivity contribution in [3.63, 3.8) is 0 Å². The van der Waals surface area contributed by atoms with Gasteiger partial charge in [-0.05, 0) is 55.2 Å². The summed E-state index contributed by atoms with van der Waals surface area (Å²) in [6, 6.07) is 12.9. The van der Waals surface area contributed by atoms with Crippen molar-refractivity contribution in [1.29, 1.82) is 0 Å². The average molecular weight is 604 g/mol. The predicted molar refractivity (Wildman–Crippen MR) is 148 cm³/mol. The van der Waals surface area contributed by atoms with Crippen LogP contribution >= 0.6 is 11.6 Å². The van der Waals surface area contributed by atoms with Crippen LogP contribution in [0.2, 0.25) is 5.02 Å². The Morgan fingerprint density at radius 3 is 2.50 bits per heavy atom. The highest BCUT2D eigenvalue weighted by atomic mass is 35.5. The van der Waals surface area contributed by atoms with Gasteiger partial charge >= 0.3 is 11.9 Å². The lowest BCUT2D eigenvalue weighted by molar-refractivity contribution is -0.207. The molecule has 0 radical (unpaired) electrons. The first-order valence-electron chi connectivity index (χ1n) is 13.6. The van der Waals surface area contributed by atoms with Crippen LogP contribution in [0.4, 0.5) is 13.2 Å². The molecular formula is C28H29ClF3N7O3. The number of hydrogen-bond acceptors (Lipinski definition) is 6. The maximum absolute atomic E-state index is 13.2. The molecule has 2 N–H and O–H groups in total. The van der Waals surface area contributed by atoms with Gasteiger partial charge in [0.2, 0.25) is 0 Å². The minimum atomic E-state index is -4.94. The molecule has 0 bridgehead atoms. The first-order valence-corrected chi connectivity index (χ1v) is 13.9. The third-order valence-corrected chi connectivity index (χ3v) is 7.51. The number of aliphatic hydroxyl groups excluding tert-OH is 1. The number of carbonyl (C=O) groups excluding carboxylic acids is 1. The molecule has 2 aromatic carbocycles. The number of alkyl halides is 3. The second-order valence-electron chi connectivity index (χ2n) is 10.3. The SMILES string of the molecule is O=C(NCC1CCCCC1)c1ccccc1-n1cnc(Cn2nc(-c3ccc(Cl)cc3)n(C[C@H](O)C(F)(F)F)c2=O)n1. The summed E-state index contributed by atoms with van der Waals surface area (Å²) in [4.78, 5) is 30.4. The number of hydrogen-bond donors (Lipinski definition) is 2. The molecule has 0 spiro atoms. The highest BCUT2D eigenvalue weighted by Crippen LogP contribution is 2.25. The summed E-state index contributed by atoms with van der Waals surface area (Å²) in [6.45, 7) is -0.719. The van der Waals surface area contributed by atoms with Crippen LogP contribution in [0, 0.1) is 5.92 Å². The fourth-order valence-electron chi connectivity index (χ4n) is 5.01. The van der Waals surface area contributed by atoms with Crippen LogP contribution in [0.5, 0.6) is 0 Å². The Labute approximate surface area is 243 Å². The van der Waals surface area contributed by atoms with E-state index in [1.54, 1.807) is 24.3 Å². The molecule has 0 aliphatic heterocycles. The molecule has 0 unspecified atom stereocenters. The molecule has 5 rings (SSSR count). The van der Waals surface area contributed by atoms with Crippen LogP contribution < -0.4 is 11.0 Å². The zero-order valence-corrected chi connectivity index (χ0v) is 23.2. The fraction of sp³-hybridized carbons (Fsp3) is 0.393. The number of aromatic nitrogens is 6. The average Bonchev–Trinajstić information content (AvgIpc) is 3.57. The van der Waals surface area contributed by atoms with Gasteiger partial charge < -0.3 is 10.4 Å². The van der Waals surface area contributed by atoms with Crippen molar-refractivity contribution in [2.24, 2.45) is 5.92 Å². The molecule has 2 heterocycles. The number of carbonyl (C=O) groups is 1. The zero-order valence-electron chi connectivity index (χ0n) is 22.5. The molecule has 2 aromatic heterocycles. The number of rotatable bonds is 9. The van der Waals surface area contributed by atoms with E-state index in [-0.39, 0.29) is 24.1 Å². The van der Waals surface area contributed by atoms with E-state index in [1.165, 1.54) is 54.5 Å². The predicted octanol–water partition coefficient (Wildman–Crippen LogP) is 4.23. The van der Waals surface area contributed by atoms with Crippen LogP contribution in [0.25, 0.3) is 17.1 Å². The summed E-state index contributed by atoms with van der Waals surface area (Å²) in [6.07, 6.45) is -0.567. The number of nitrogens with one attached hydrogen (secondary N) is 1. The molecule has 1 amide bonds. The van der Waals surface area contributed by atoms with Gasteiger partial charge in [0.25, 0.3) is 5.91 Å². The maximum atomic E-state index is 13.2. The molecule has 14 heteroatoms. The Balaban J connectivity index is 1.39. The van der Waals surface area contributed by atoms with Gasteiger partial charge in [0.05, 0.1) is 17.8 Å². The molecule has 1 saturated carbocycles. The van der Waals surface area contributed by atoms with Gasteiger partial charge in [-0.15, -0.1) is 10.2 Å². The molecule has 1 fully saturated rings. The van der Waals surface area contributed by atoms with Crippen molar-refractivity contribution in [3.8, 4) is 17.1 Å². The summed E-state index contributed by atoms with van der Waals surface area (Å²) in [5.41, 5.74) is 0.321. The molecule has 1 atom stereocenters. The van der Waals surface area contributed by atoms with E-state index in [1.807, 2.05) is 0 Å². The van der Waals surface area contributed by atoms with Crippen LogP contribution in [0.1, 0.15) is 48.3 Å². The third-order valence-electron chi connectivity index (χ3n) is 7.26. The molecule has 222 valence electrons. The number of halogens is 4. The van der Waals surface area contributed by atoms with Crippen molar-refractivity contribution < 1.29 is 23.1 Å². The summed E-state index contributed by atoms with van der Waals surface area (Å²) in [5.74, 6) is 0.276. The zero-order chi connectivity index (χ0) is 29.9. The van der Waals surface area contributed by atoms with Crippen LogP contribution in [0.15, 0.2) is 59.7 Å². The van der Waals surface area contributed by atoms with E-state index in [0.717, 1.165) is 22.1 Å². The molecule has 0 saturated heterocycles. The minimum absolute atomic E-state index is 0.0839. The molecule has 1 aliphatic carbocycles. The summed E-state index contributed by atoms with van der Waals surface area (Å²) < 4.78 is 42.5. The first kappa shape index (κ1) is 29.5. The summed E-state index contributed by atoms with van der Waals surface area (Å²) in [7, 11) is 0. The van der Waals surface area contributed by atoms with E-state index in [0.29, 0.717) is 34.3 Å². The van der Waals surface area contributed by atoms with Crippen molar-refractivity contribution >= 4 is 17.5 Å². The summed E-state index contributed by atoms with van der Waals surface area (Å²) in [5, 5.41) is 21.7. The van der Waals surface area contributed by atoms with Gasteiger partial charge in [-0.25, -0.2) is 19.1 Å². The van der Waals surface area contributed by atoms with Gasteiger partial charge in [-0.1, -0.05) is 43.0 Å². The highest BCUT2D eigenvalue weighted by molar-refractivity contribution is 6.30. The Kier molecular flexibility index (Phi) is 8.78. The quantitative estimate of drug-likeness (QED) is 0.296. The Hall–Kier alpha value is -3.97. The van der Waals surface area contributed by atoms with Gasteiger partial charge in [0.1, 0.15) is 12.9 Å². The molecule has 4 aromatic rings. The third kappa shape index (κ3) is 6.73. The van der Waals surface area contributed by atoms with Gasteiger partial charge in [0.15, 0.2) is 17.8 Å². The van der Waals surface area contributed by atoms with Crippen molar-refractivity contribution in [1.82, 2.24) is 34.4 Å². The number of aliphatic hydroxyl groups is 1. The fourth-order valence-corrected chi connectivity index (χ4v) is 5.13. The number of benzene rings is 2. The normalized spacial score (nSPS) is 15.1. The van der Waals surface area contributed by atoms with E-state index in [9.17, 15) is 27.9 Å². The van der Waals surface area contributed by atoms with Crippen LogP contribution in [-0.4, -0.2) is 59.0 Å². The Bertz CT molecular complexity index is 1590. The minimum Gasteiger partial charge on any atom is -0.382 e. The largest absolute Gasteiger partial charge is 0.416 e. The Morgan fingerprint density at radius 1 is 1.07 bits per heavy atom. The lowest BCUT2D eigenvalue weighted by atomic mass is 9.89. The van der Waals surface area contributed by atoms with Crippen LogP contribution in [-0.2, 0) is 13.1 Å². The van der Waals surface area contributed by atoms with Crippen LogP contribution in [0.3, 0.4) is 0 Å². The highest BCUT2D eigenvalue weighted by Gasteiger charge is 2.39. The number of para-hydroxylation sites is 1. The van der Waals surface area contributed by atoms with E-state index in [2.05, 4.69) is 20.5 Å². The van der Waals surface area contributed by atoms with Crippen molar-refractivity contribution in [3.05, 3.63) is 81.8 Å². The van der Waals surface area contributed by atoms with Gasteiger partial charge in [-0.2, -0.15) is 13.2 Å². The molecule has 42 heavy (non-hydrogen) atoms. The molecule has 1 aliphatic rings. The summed E-state index contributed by atoms with van der Waals surface area (Å²) >= 11 is 5.94. The second-order valence-corrected chi connectivity index (χ2v) is 10.7. The Morgan fingerprint density at radius 2 is 1.79 bits per heavy atom. The first-order chi connectivity index (χ1) is 20.1. The molecule has 10 nitrogen and oxygen atoms in total.